The van der Waals surface area contributed by atoms with E-state index in [1.165, 1.54) is 6.42 Å². The summed E-state index contributed by atoms with van der Waals surface area (Å²) in [5, 5.41) is 3.45. The van der Waals surface area contributed by atoms with Crippen LogP contribution < -0.4 is 14.8 Å². The normalized spacial score (nSPS) is 19.3. The summed E-state index contributed by atoms with van der Waals surface area (Å²) in [5.74, 6) is 1.16. The minimum atomic E-state index is 0. The molecule has 5 nitrogen and oxygen atoms in total. The Balaban J connectivity index is 0.00000192. The third-order valence-electron chi connectivity index (χ3n) is 5.08. The number of ether oxygens (including phenoxy) is 2. The maximum absolute atomic E-state index is 12.8. The first kappa shape index (κ1) is 17.9. The summed E-state index contributed by atoms with van der Waals surface area (Å²) in [6.07, 6.45) is 3.40. The molecule has 1 aromatic carbocycles. The van der Waals surface area contributed by atoms with Crippen molar-refractivity contribution in [2.45, 2.75) is 19.3 Å². The number of carbonyl (C=O) groups is 1. The molecule has 0 unspecified atom stereocenters. The van der Waals surface area contributed by atoms with Gasteiger partial charge in [0.1, 0.15) is 0 Å². The zero-order valence-corrected chi connectivity index (χ0v) is 14.6. The van der Waals surface area contributed by atoms with Gasteiger partial charge in [-0.1, -0.05) is 6.07 Å². The Hall–Kier alpha value is -1.46. The van der Waals surface area contributed by atoms with E-state index < -0.39 is 0 Å². The quantitative estimate of drug-likeness (QED) is 0.917. The van der Waals surface area contributed by atoms with Crippen molar-refractivity contribution in [3.05, 3.63) is 23.8 Å². The highest BCUT2D eigenvalue weighted by molar-refractivity contribution is 5.97. The van der Waals surface area contributed by atoms with Crippen LogP contribution in [0.5, 0.6) is 11.5 Å². The van der Waals surface area contributed by atoms with E-state index in [1.807, 2.05) is 23.1 Å². The van der Waals surface area contributed by atoms with Crippen LogP contribution in [0.3, 0.4) is 0 Å². The summed E-state index contributed by atoms with van der Waals surface area (Å²) in [5.41, 5.74) is 0.997. The number of rotatable bonds is 3. The predicted octanol–water partition coefficient (Wildman–Crippen LogP) is 2.34. The molecule has 1 spiro atoms. The zero-order valence-electron chi connectivity index (χ0n) is 13.8. The second kappa shape index (κ2) is 7.41. The van der Waals surface area contributed by atoms with Crippen molar-refractivity contribution in [2.75, 3.05) is 40.4 Å². The minimum absolute atomic E-state index is 0. The fourth-order valence-electron chi connectivity index (χ4n) is 3.63. The number of benzene rings is 1. The van der Waals surface area contributed by atoms with Crippen molar-refractivity contribution < 1.29 is 14.3 Å². The molecule has 0 aliphatic carbocycles. The molecule has 6 heteroatoms. The van der Waals surface area contributed by atoms with Crippen LogP contribution in [0.25, 0.3) is 0 Å². The van der Waals surface area contributed by atoms with E-state index in [0.29, 0.717) is 22.5 Å². The summed E-state index contributed by atoms with van der Waals surface area (Å²) in [6, 6.07) is 5.46. The largest absolute Gasteiger partial charge is 0.493 e. The number of carbonyl (C=O) groups excluding carboxylic acids is 1. The number of para-hydroxylation sites is 1. The van der Waals surface area contributed by atoms with E-state index in [2.05, 4.69) is 5.32 Å². The van der Waals surface area contributed by atoms with Crippen molar-refractivity contribution in [1.82, 2.24) is 10.2 Å². The van der Waals surface area contributed by atoms with Crippen LogP contribution in [0.1, 0.15) is 29.6 Å². The molecule has 2 aliphatic heterocycles. The molecule has 0 saturated carbocycles. The van der Waals surface area contributed by atoms with Gasteiger partial charge in [0.05, 0.1) is 19.8 Å². The standard InChI is InChI=1S/C17H24N2O3.ClH/c1-21-14-5-3-4-13(15(14)22-2)16(20)19-10-7-17(8-11-19)6-9-18-12-17;/h3-5,18H,6-12H2,1-2H3;1H. The van der Waals surface area contributed by atoms with Crippen LogP contribution in [0.2, 0.25) is 0 Å². The third-order valence-corrected chi connectivity index (χ3v) is 5.08. The van der Waals surface area contributed by atoms with E-state index in [-0.39, 0.29) is 18.3 Å². The molecule has 2 fully saturated rings. The lowest BCUT2D eigenvalue weighted by atomic mass is 9.78. The Morgan fingerprint density at radius 2 is 1.91 bits per heavy atom. The maximum atomic E-state index is 12.8. The van der Waals surface area contributed by atoms with E-state index in [0.717, 1.165) is 39.0 Å². The molecule has 128 valence electrons. The van der Waals surface area contributed by atoms with E-state index in [4.69, 9.17) is 9.47 Å². The summed E-state index contributed by atoms with van der Waals surface area (Å²) < 4.78 is 10.7. The van der Waals surface area contributed by atoms with Gasteiger partial charge in [0, 0.05) is 19.6 Å². The van der Waals surface area contributed by atoms with Crippen molar-refractivity contribution in [1.29, 1.82) is 0 Å². The van der Waals surface area contributed by atoms with Gasteiger partial charge in [-0.05, 0) is 43.4 Å². The summed E-state index contributed by atoms with van der Waals surface area (Å²) in [4.78, 5) is 14.8. The van der Waals surface area contributed by atoms with Crippen molar-refractivity contribution in [3.8, 4) is 11.5 Å². The number of amides is 1. The molecule has 3 rings (SSSR count). The molecule has 1 aromatic rings. The van der Waals surface area contributed by atoms with Gasteiger partial charge in [-0.3, -0.25) is 4.79 Å². The first-order chi connectivity index (χ1) is 10.7. The number of hydrogen-bond donors (Lipinski definition) is 1. The molecular weight excluding hydrogens is 316 g/mol. The molecule has 2 heterocycles. The van der Waals surface area contributed by atoms with E-state index in [1.54, 1.807) is 14.2 Å². The molecule has 2 saturated heterocycles. The van der Waals surface area contributed by atoms with E-state index in [9.17, 15) is 4.79 Å². The van der Waals surface area contributed by atoms with Gasteiger partial charge in [0.25, 0.3) is 5.91 Å². The number of halogens is 1. The predicted molar refractivity (Wildman–Crippen MR) is 91.9 cm³/mol. The molecule has 0 atom stereocenters. The molecule has 23 heavy (non-hydrogen) atoms. The first-order valence-corrected chi connectivity index (χ1v) is 7.90. The van der Waals surface area contributed by atoms with Crippen molar-refractivity contribution in [2.24, 2.45) is 5.41 Å². The number of methoxy groups -OCH3 is 2. The number of nitrogens with one attached hydrogen (secondary N) is 1. The number of likely N-dealkylation sites (tertiary alicyclic amines) is 1. The van der Waals surface area contributed by atoms with Crippen LogP contribution in [0, 0.1) is 5.41 Å². The lowest BCUT2D eigenvalue weighted by Crippen LogP contribution is -2.44. The Bertz CT molecular complexity index is 549. The molecule has 1 N–H and O–H groups in total. The Kier molecular flexibility index (Phi) is 5.76. The fourth-order valence-corrected chi connectivity index (χ4v) is 3.63. The molecule has 0 radical (unpaired) electrons. The van der Waals surface area contributed by atoms with Crippen LogP contribution in [0.4, 0.5) is 0 Å². The SMILES string of the molecule is COc1cccc(C(=O)N2CCC3(CCNC3)CC2)c1OC.Cl. The average Bonchev–Trinajstić information content (AvgIpc) is 3.02. The molecule has 0 bridgehead atoms. The zero-order chi connectivity index (χ0) is 15.6. The van der Waals surface area contributed by atoms with Crippen LogP contribution in [0.15, 0.2) is 18.2 Å². The number of nitrogens with zero attached hydrogens (tertiary/aromatic N) is 1. The Morgan fingerprint density at radius 1 is 1.17 bits per heavy atom. The second-order valence-corrected chi connectivity index (χ2v) is 6.26. The topological polar surface area (TPSA) is 50.8 Å². The summed E-state index contributed by atoms with van der Waals surface area (Å²) in [6.45, 7) is 3.84. The highest BCUT2D eigenvalue weighted by Gasteiger charge is 2.38. The summed E-state index contributed by atoms with van der Waals surface area (Å²) in [7, 11) is 3.16. The van der Waals surface area contributed by atoms with Crippen LogP contribution in [-0.2, 0) is 0 Å². The van der Waals surface area contributed by atoms with Gasteiger partial charge < -0.3 is 19.7 Å². The molecule has 0 aromatic heterocycles. The lowest BCUT2D eigenvalue weighted by Gasteiger charge is -2.39. The maximum Gasteiger partial charge on any atom is 0.257 e. The average molecular weight is 341 g/mol. The third kappa shape index (κ3) is 3.40. The number of hydrogen-bond acceptors (Lipinski definition) is 4. The first-order valence-electron chi connectivity index (χ1n) is 7.90. The highest BCUT2D eigenvalue weighted by atomic mass is 35.5. The van der Waals surface area contributed by atoms with Gasteiger partial charge >= 0.3 is 0 Å². The summed E-state index contributed by atoms with van der Waals surface area (Å²) >= 11 is 0. The monoisotopic (exact) mass is 340 g/mol. The van der Waals surface area contributed by atoms with Gasteiger partial charge in [-0.15, -0.1) is 12.4 Å². The van der Waals surface area contributed by atoms with Gasteiger partial charge in [-0.2, -0.15) is 0 Å². The number of piperidine rings is 1. The van der Waals surface area contributed by atoms with Crippen molar-refractivity contribution in [3.63, 3.8) is 0 Å². The fraction of sp³-hybridized carbons (Fsp3) is 0.588. The van der Waals surface area contributed by atoms with Gasteiger partial charge in [0.2, 0.25) is 0 Å². The molecule has 2 aliphatic rings. The Morgan fingerprint density at radius 3 is 2.48 bits per heavy atom. The van der Waals surface area contributed by atoms with Crippen LogP contribution >= 0.6 is 12.4 Å². The van der Waals surface area contributed by atoms with Crippen LogP contribution in [-0.4, -0.2) is 51.2 Å². The highest BCUT2D eigenvalue weighted by Crippen LogP contribution is 2.38. The smallest absolute Gasteiger partial charge is 0.257 e. The lowest BCUT2D eigenvalue weighted by molar-refractivity contribution is 0.0604. The molecular formula is C17H25ClN2O3. The minimum Gasteiger partial charge on any atom is -0.493 e. The molecule has 1 amide bonds. The second-order valence-electron chi connectivity index (χ2n) is 6.26. The van der Waals surface area contributed by atoms with Crippen molar-refractivity contribution >= 4 is 18.3 Å². The Labute approximate surface area is 143 Å². The van der Waals surface area contributed by atoms with Gasteiger partial charge in [-0.25, -0.2) is 0 Å². The van der Waals surface area contributed by atoms with Gasteiger partial charge in [0.15, 0.2) is 11.5 Å². The van der Waals surface area contributed by atoms with E-state index >= 15 is 0 Å².